The predicted octanol–water partition coefficient (Wildman–Crippen LogP) is 2.26. The van der Waals surface area contributed by atoms with E-state index < -0.39 is 10.8 Å². The van der Waals surface area contributed by atoms with E-state index in [0.29, 0.717) is 6.54 Å². The summed E-state index contributed by atoms with van der Waals surface area (Å²) in [4.78, 5) is 22.5. The van der Waals surface area contributed by atoms with Crippen LogP contribution in [0.25, 0.3) is 0 Å². The Labute approximate surface area is 125 Å². The minimum atomic E-state index is -0.626. The van der Waals surface area contributed by atoms with E-state index in [9.17, 15) is 14.9 Å². The molecule has 1 amide bonds. The maximum absolute atomic E-state index is 12.1. The van der Waals surface area contributed by atoms with Crippen LogP contribution in [0.2, 0.25) is 5.02 Å². The van der Waals surface area contributed by atoms with Gasteiger partial charge in [0.05, 0.1) is 11.5 Å². The van der Waals surface area contributed by atoms with Crippen molar-refractivity contribution in [3.63, 3.8) is 0 Å². The highest BCUT2D eigenvalue weighted by atomic mass is 35.5. The second-order valence-corrected chi connectivity index (χ2v) is 4.96. The van der Waals surface area contributed by atoms with Crippen LogP contribution in [0.5, 0.6) is 0 Å². The Hall–Kier alpha value is -2.41. The summed E-state index contributed by atoms with van der Waals surface area (Å²) < 4.78 is 1.67. The molecule has 2 aromatic rings. The molecule has 0 radical (unpaired) electrons. The minimum Gasteiger partial charge on any atom is -0.348 e. The number of nitrogens with one attached hydrogen (secondary N) is 1. The second kappa shape index (κ2) is 6.36. The van der Waals surface area contributed by atoms with Crippen molar-refractivity contribution < 1.29 is 9.72 Å². The molecular formula is C13H13ClN4O3. The Morgan fingerprint density at radius 1 is 1.57 bits per heavy atom. The lowest BCUT2D eigenvalue weighted by molar-refractivity contribution is -0.385. The smallest absolute Gasteiger partial charge is 0.283 e. The third-order valence-electron chi connectivity index (χ3n) is 2.80. The molecule has 1 N–H and O–H groups in total. The lowest BCUT2D eigenvalue weighted by atomic mass is 10.1. The number of hydrogen-bond acceptors (Lipinski definition) is 4. The predicted molar refractivity (Wildman–Crippen MR) is 77.3 cm³/mol. The fourth-order valence-electron chi connectivity index (χ4n) is 1.88. The quantitative estimate of drug-likeness (QED) is 0.677. The highest BCUT2D eigenvalue weighted by Crippen LogP contribution is 2.23. The van der Waals surface area contributed by atoms with Gasteiger partial charge in [-0.1, -0.05) is 11.6 Å². The van der Waals surface area contributed by atoms with Crippen molar-refractivity contribution in [1.82, 2.24) is 15.1 Å². The van der Waals surface area contributed by atoms with Gasteiger partial charge in [0, 0.05) is 29.5 Å². The van der Waals surface area contributed by atoms with Crippen molar-refractivity contribution in [1.29, 1.82) is 0 Å². The normalized spacial score (nSPS) is 11.9. The summed E-state index contributed by atoms with van der Waals surface area (Å²) >= 11 is 5.72. The van der Waals surface area contributed by atoms with Crippen LogP contribution in [0.1, 0.15) is 17.3 Å². The number of amides is 1. The van der Waals surface area contributed by atoms with Gasteiger partial charge in [0.15, 0.2) is 0 Å². The van der Waals surface area contributed by atoms with Crippen LogP contribution in [0.15, 0.2) is 36.7 Å². The largest absolute Gasteiger partial charge is 0.348 e. The summed E-state index contributed by atoms with van der Waals surface area (Å²) in [6.07, 6.45) is 3.41. The summed E-state index contributed by atoms with van der Waals surface area (Å²) in [6, 6.07) is 5.50. The second-order valence-electron chi connectivity index (χ2n) is 4.52. The van der Waals surface area contributed by atoms with E-state index >= 15 is 0 Å². The van der Waals surface area contributed by atoms with Crippen molar-refractivity contribution in [2.45, 2.75) is 19.5 Å². The van der Waals surface area contributed by atoms with Crippen LogP contribution in [0.3, 0.4) is 0 Å². The van der Waals surface area contributed by atoms with E-state index in [1.54, 1.807) is 30.1 Å². The Morgan fingerprint density at radius 3 is 2.95 bits per heavy atom. The molecule has 0 aliphatic carbocycles. The summed E-state index contributed by atoms with van der Waals surface area (Å²) in [7, 11) is 0. The topological polar surface area (TPSA) is 90.1 Å². The van der Waals surface area contributed by atoms with Crippen LogP contribution < -0.4 is 5.32 Å². The zero-order chi connectivity index (χ0) is 15.4. The molecule has 1 heterocycles. The fourth-order valence-corrected chi connectivity index (χ4v) is 2.05. The molecule has 1 aromatic carbocycles. The molecule has 0 saturated carbocycles. The molecule has 2 rings (SSSR count). The van der Waals surface area contributed by atoms with Crippen molar-refractivity contribution >= 4 is 23.2 Å². The van der Waals surface area contributed by atoms with Gasteiger partial charge in [-0.05, 0) is 25.1 Å². The molecule has 8 heteroatoms. The van der Waals surface area contributed by atoms with E-state index in [1.165, 1.54) is 12.1 Å². The van der Waals surface area contributed by atoms with Gasteiger partial charge in [-0.15, -0.1) is 0 Å². The summed E-state index contributed by atoms with van der Waals surface area (Å²) in [5.74, 6) is -0.516. The van der Waals surface area contributed by atoms with Crippen molar-refractivity contribution in [2.24, 2.45) is 0 Å². The van der Waals surface area contributed by atoms with Gasteiger partial charge in [-0.3, -0.25) is 19.6 Å². The highest BCUT2D eigenvalue weighted by Gasteiger charge is 2.21. The third-order valence-corrected chi connectivity index (χ3v) is 3.03. The number of rotatable bonds is 5. The van der Waals surface area contributed by atoms with Crippen LogP contribution in [-0.4, -0.2) is 26.7 Å². The SMILES string of the molecule is C[C@H](Cn1cccn1)NC(=O)c1ccc(Cl)cc1[N+](=O)[O-]. The maximum Gasteiger partial charge on any atom is 0.283 e. The molecule has 0 fully saturated rings. The average Bonchev–Trinajstić information content (AvgIpc) is 2.90. The molecule has 21 heavy (non-hydrogen) atoms. The number of carbonyl (C=O) groups is 1. The molecular weight excluding hydrogens is 296 g/mol. The minimum absolute atomic E-state index is 0.0169. The lowest BCUT2D eigenvalue weighted by Crippen LogP contribution is -2.36. The number of carbonyl (C=O) groups excluding carboxylic acids is 1. The first-order valence-corrected chi connectivity index (χ1v) is 6.57. The monoisotopic (exact) mass is 308 g/mol. The van der Waals surface area contributed by atoms with Crippen molar-refractivity contribution in [2.75, 3.05) is 0 Å². The standard InChI is InChI=1S/C13H13ClN4O3/c1-9(8-17-6-2-5-15-17)16-13(19)11-4-3-10(14)7-12(11)18(20)21/h2-7,9H,8H2,1H3,(H,16,19)/t9-/m1/s1. The van der Waals surface area contributed by atoms with Crippen LogP contribution in [-0.2, 0) is 6.54 Å². The zero-order valence-corrected chi connectivity index (χ0v) is 11.9. The van der Waals surface area contributed by atoms with Gasteiger partial charge in [0.25, 0.3) is 11.6 Å². The summed E-state index contributed by atoms with van der Waals surface area (Å²) in [5, 5.41) is 17.9. The molecule has 0 unspecified atom stereocenters. The molecule has 0 bridgehead atoms. The molecule has 1 atom stereocenters. The summed E-state index contributed by atoms with van der Waals surface area (Å²) in [6.45, 7) is 2.27. The number of nitro groups is 1. The highest BCUT2D eigenvalue weighted by molar-refractivity contribution is 6.31. The molecule has 7 nitrogen and oxygen atoms in total. The summed E-state index contributed by atoms with van der Waals surface area (Å²) in [5.41, 5.74) is -0.331. The van der Waals surface area contributed by atoms with Gasteiger partial charge in [0.2, 0.25) is 0 Å². The maximum atomic E-state index is 12.1. The van der Waals surface area contributed by atoms with E-state index in [-0.39, 0.29) is 22.3 Å². The Balaban J connectivity index is 2.11. The van der Waals surface area contributed by atoms with Crippen molar-refractivity contribution in [3.05, 3.63) is 57.4 Å². The van der Waals surface area contributed by atoms with Crippen LogP contribution >= 0.6 is 11.6 Å². The lowest BCUT2D eigenvalue weighted by Gasteiger charge is -2.14. The van der Waals surface area contributed by atoms with E-state index in [1.807, 2.05) is 0 Å². The Morgan fingerprint density at radius 2 is 2.33 bits per heavy atom. The molecule has 1 aromatic heterocycles. The molecule has 0 aliphatic heterocycles. The van der Waals surface area contributed by atoms with Gasteiger partial charge < -0.3 is 5.32 Å². The van der Waals surface area contributed by atoms with E-state index in [0.717, 1.165) is 6.07 Å². The van der Waals surface area contributed by atoms with Gasteiger partial charge >= 0.3 is 0 Å². The van der Waals surface area contributed by atoms with Crippen molar-refractivity contribution in [3.8, 4) is 0 Å². The Kier molecular flexibility index (Phi) is 4.54. The third kappa shape index (κ3) is 3.79. The number of benzene rings is 1. The molecule has 0 spiro atoms. The molecule has 0 aliphatic rings. The number of nitro benzene ring substituents is 1. The van der Waals surface area contributed by atoms with Gasteiger partial charge in [-0.25, -0.2) is 0 Å². The first-order valence-electron chi connectivity index (χ1n) is 6.19. The number of aromatic nitrogens is 2. The zero-order valence-electron chi connectivity index (χ0n) is 11.2. The number of nitrogens with zero attached hydrogens (tertiary/aromatic N) is 3. The Bertz CT molecular complexity index is 657. The van der Waals surface area contributed by atoms with Crippen LogP contribution in [0.4, 0.5) is 5.69 Å². The molecule has 0 saturated heterocycles. The number of hydrogen-bond donors (Lipinski definition) is 1. The van der Waals surface area contributed by atoms with E-state index in [4.69, 9.17) is 11.6 Å². The number of halogens is 1. The first-order chi connectivity index (χ1) is 9.97. The molecule has 110 valence electrons. The fraction of sp³-hybridized carbons (Fsp3) is 0.231. The first kappa shape index (κ1) is 15.0. The van der Waals surface area contributed by atoms with Gasteiger partial charge in [0.1, 0.15) is 5.56 Å². The van der Waals surface area contributed by atoms with E-state index in [2.05, 4.69) is 10.4 Å². The van der Waals surface area contributed by atoms with Gasteiger partial charge in [-0.2, -0.15) is 5.10 Å². The average molecular weight is 309 g/mol. The van der Waals surface area contributed by atoms with Crippen LogP contribution in [0, 0.1) is 10.1 Å².